The molecule has 0 radical (unpaired) electrons. The van der Waals surface area contributed by atoms with E-state index in [1.54, 1.807) is 0 Å². The smallest absolute Gasteiger partial charge is 0.124 e. The third kappa shape index (κ3) is 2.23. The fraction of sp³-hybridized carbons (Fsp3) is 0.429. The van der Waals surface area contributed by atoms with Crippen LogP contribution >= 0.6 is 15.9 Å². The fourth-order valence-corrected chi connectivity index (χ4v) is 1.10. The van der Waals surface area contributed by atoms with Crippen molar-refractivity contribution in [3.8, 4) is 0 Å². The fourth-order valence-electron chi connectivity index (χ4n) is 0.745. The van der Waals surface area contributed by atoms with Crippen molar-refractivity contribution in [2.45, 2.75) is 12.2 Å². The van der Waals surface area contributed by atoms with E-state index in [-0.39, 0.29) is 0 Å². The lowest BCUT2D eigenvalue weighted by Gasteiger charge is -2.13. The first kappa shape index (κ1) is 9.57. The second-order valence-corrected chi connectivity index (χ2v) is 2.94. The molecule has 1 heterocycles. The summed E-state index contributed by atoms with van der Waals surface area (Å²) in [6, 6.07) is 0. The predicted molar refractivity (Wildman–Crippen MR) is 46.8 cm³/mol. The molecule has 0 bridgehead atoms. The van der Waals surface area contributed by atoms with Gasteiger partial charge in [-0.3, -0.25) is 9.97 Å². The van der Waals surface area contributed by atoms with Gasteiger partial charge in [-0.15, -0.1) is 0 Å². The molecule has 0 aliphatic carbocycles. The Hall–Kier alpha value is -0.520. The Morgan fingerprint density at radius 2 is 2.17 bits per heavy atom. The standard InChI is InChI=1S/C7H9BrN2O2/c8-3-6(11)7(12)5-4-9-1-2-10-5/h1-2,4,6-7,11-12H,3H2. The quantitative estimate of drug-likeness (QED) is 0.735. The van der Waals surface area contributed by atoms with Crippen LogP contribution in [0.15, 0.2) is 18.6 Å². The van der Waals surface area contributed by atoms with E-state index in [2.05, 4.69) is 25.9 Å². The Morgan fingerprint density at radius 3 is 2.67 bits per heavy atom. The Kier molecular flexibility index (Phi) is 3.58. The van der Waals surface area contributed by atoms with E-state index in [1.807, 2.05) is 0 Å². The van der Waals surface area contributed by atoms with Gasteiger partial charge in [0.15, 0.2) is 0 Å². The van der Waals surface area contributed by atoms with Crippen molar-refractivity contribution >= 4 is 15.9 Å². The van der Waals surface area contributed by atoms with Crippen LogP contribution in [0.5, 0.6) is 0 Å². The Labute approximate surface area is 78.4 Å². The first-order valence-corrected chi connectivity index (χ1v) is 4.56. The van der Waals surface area contributed by atoms with Gasteiger partial charge in [-0.1, -0.05) is 15.9 Å². The molecule has 5 heteroatoms. The van der Waals surface area contributed by atoms with Crippen molar-refractivity contribution in [3.63, 3.8) is 0 Å². The highest BCUT2D eigenvalue weighted by Gasteiger charge is 2.17. The highest BCUT2D eigenvalue weighted by Crippen LogP contribution is 2.13. The Balaban J connectivity index is 2.71. The van der Waals surface area contributed by atoms with Crippen molar-refractivity contribution in [2.75, 3.05) is 5.33 Å². The maximum atomic E-state index is 9.41. The predicted octanol–water partition coefficient (Wildman–Crippen LogP) is 0.266. The molecule has 4 nitrogen and oxygen atoms in total. The average Bonchev–Trinajstić information content (AvgIpc) is 2.17. The molecule has 0 saturated heterocycles. The van der Waals surface area contributed by atoms with E-state index in [1.165, 1.54) is 18.6 Å². The number of aromatic nitrogens is 2. The molecule has 1 aromatic rings. The summed E-state index contributed by atoms with van der Waals surface area (Å²) in [4.78, 5) is 7.63. The summed E-state index contributed by atoms with van der Waals surface area (Å²) in [5.74, 6) is 0. The minimum atomic E-state index is -0.974. The SMILES string of the molecule is OC(CBr)C(O)c1cnccn1. The lowest BCUT2D eigenvalue weighted by atomic mass is 10.2. The first-order chi connectivity index (χ1) is 5.75. The lowest BCUT2D eigenvalue weighted by molar-refractivity contribution is 0.0313. The summed E-state index contributed by atoms with van der Waals surface area (Å²) in [6.07, 6.45) is 2.59. The van der Waals surface area contributed by atoms with E-state index in [0.717, 1.165) is 0 Å². The molecule has 0 aliphatic heterocycles. The van der Waals surface area contributed by atoms with Crippen LogP contribution < -0.4 is 0 Å². The highest BCUT2D eigenvalue weighted by atomic mass is 79.9. The van der Waals surface area contributed by atoms with Crippen LogP contribution in [0.4, 0.5) is 0 Å². The minimum Gasteiger partial charge on any atom is -0.389 e. The van der Waals surface area contributed by atoms with E-state index in [9.17, 15) is 10.2 Å². The van der Waals surface area contributed by atoms with Crippen LogP contribution in [-0.2, 0) is 0 Å². The first-order valence-electron chi connectivity index (χ1n) is 3.43. The van der Waals surface area contributed by atoms with Crippen molar-refractivity contribution in [1.29, 1.82) is 0 Å². The van der Waals surface area contributed by atoms with Crippen LogP contribution in [0.25, 0.3) is 0 Å². The van der Waals surface area contributed by atoms with Gasteiger partial charge in [-0.05, 0) is 0 Å². The van der Waals surface area contributed by atoms with Crippen LogP contribution in [0, 0.1) is 0 Å². The van der Waals surface area contributed by atoms with Gasteiger partial charge in [-0.25, -0.2) is 0 Å². The zero-order valence-electron chi connectivity index (χ0n) is 6.26. The van der Waals surface area contributed by atoms with Crippen molar-refractivity contribution < 1.29 is 10.2 Å². The second kappa shape index (κ2) is 4.49. The zero-order valence-corrected chi connectivity index (χ0v) is 7.85. The maximum absolute atomic E-state index is 9.41. The number of nitrogens with zero attached hydrogens (tertiary/aromatic N) is 2. The zero-order chi connectivity index (χ0) is 8.97. The summed E-state index contributed by atoms with van der Waals surface area (Å²) in [7, 11) is 0. The summed E-state index contributed by atoms with van der Waals surface area (Å²) in [5.41, 5.74) is 0.379. The molecule has 0 fully saturated rings. The van der Waals surface area contributed by atoms with Gasteiger partial charge in [-0.2, -0.15) is 0 Å². The van der Waals surface area contributed by atoms with E-state index >= 15 is 0 Å². The summed E-state index contributed by atoms with van der Waals surface area (Å²) in [6.45, 7) is 0. The summed E-state index contributed by atoms with van der Waals surface area (Å²) in [5, 5.41) is 18.9. The van der Waals surface area contributed by atoms with Crippen LogP contribution in [-0.4, -0.2) is 31.6 Å². The molecule has 2 unspecified atom stereocenters. The largest absolute Gasteiger partial charge is 0.389 e. The molecule has 1 rings (SSSR count). The number of aliphatic hydroxyl groups excluding tert-OH is 2. The van der Waals surface area contributed by atoms with E-state index in [4.69, 9.17) is 0 Å². The molecule has 2 N–H and O–H groups in total. The molecule has 1 aromatic heterocycles. The number of hydrogen-bond acceptors (Lipinski definition) is 4. The third-order valence-corrected chi connectivity index (χ3v) is 2.07. The lowest BCUT2D eigenvalue weighted by Crippen LogP contribution is -2.20. The van der Waals surface area contributed by atoms with Crippen LogP contribution in [0.3, 0.4) is 0 Å². The van der Waals surface area contributed by atoms with Crippen molar-refractivity contribution in [2.24, 2.45) is 0 Å². The van der Waals surface area contributed by atoms with E-state index in [0.29, 0.717) is 11.0 Å². The molecule has 0 spiro atoms. The van der Waals surface area contributed by atoms with Gasteiger partial charge in [0.25, 0.3) is 0 Å². The van der Waals surface area contributed by atoms with Crippen molar-refractivity contribution in [1.82, 2.24) is 9.97 Å². The number of hydrogen-bond donors (Lipinski definition) is 2. The maximum Gasteiger partial charge on any atom is 0.124 e. The number of aliphatic hydroxyl groups is 2. The monoisotopic (exact) mass is 232 g/mol. The van der Waals surface area contributed by atoms with Gasteiger partial charge in [0, 0.05) is 17.7 Å². The minimum absolute atomic E-state index is 0.310. The average molecular weight is 233 g/mol. The van der Waals surface area contributed by atoms with E-state index < -0.39 is 12.2 Å². The molecule has 12 heavy (non-hydrogen) atoms. The van der Waals surface area contributed by atoms with Gasteiger partial charge in [0.05, 0.1) is 18.0 Å². The highest BCUT2D eigenvalue weighted by molar-refractivity contribution is 9.09. The van der Waals surface area contributed by atoms with Crippen LogP contribution in [0.1, 0.15) is 11.8 Å². The van der Waals surface area contributed by atoms with Gasteiger partial charge in [0.1, 0.15) is 6.10 Å². The normalized spacial score (nSPS) is 15.6. The van der Waals surface area contributed by atoms with Crippen LogP contribution in [0.2, 0.25) is 0 Å². The molecular weight excluding hydrogens is 224 g/mol. The molecule has 0 amide bonds. The molecule has 0 saturated carbocycles. The Morgan fingerprint density at radius 1 is 1.42 bits per heavy atom. The summed E-state index contributed by atoms with van der Waals surface area (Å²) >= 11 is 3.05. The second-order valence-electron chi connectivity index (χ2n) is 2.30. The van der Waals surface area contributed by atoms with Crippen molar-refractivity contribution in [3.05, 3.63) is 24.3 Å². The number of halogens is 1. The third-order valence-electron chi connectivity index (χ3n) is 1.41. The molecular formula is C7H9BrN2O2. The molecule has 66 valence electrons. The molecule has 0 aliphatic rings. The van der Waals surface area contributed by atoms with Gasteiger partial charge >= 0.3 is 0 Å². The van der Waals surface area contributed by atoms with Gasteiger partial charge in [0.2, 0.25) is 0 Å². The number of rotatable bonds is 3. The summed E-state index contributed by atoms with van der Waals surface area (Å²) < 4.78 is 0. The topological polar surface area (TPSA) is 66.2 Å². The van der Waals surface area contributed by atoms with Gasteiger partial charge < -0.3 is 10.2 Å². The molecule has 0 aromatic carbocycles. The number of alkyl halides is 1. The molecule has 2 atom stereocenters. The Bertz CT molecular complexity index is 232.